The SMILES string of the molecule is COC(=O)c1cc(C#CCCl)ccc1Cl. The van der Waals surface area contributed by atoms with Crippen LogP contribution in [-0.4, -0.2) is 19.0 Å². The number of esters is 1. The van der Waals surface area contributed by atoms with Crippen LogP contribution in [0.3, 0.4) is 0 Å². The van der Waals surface area contributed by atoms with E-state index in [1.807, 2.05) is 0 Å². The van der Waals surface area contributed by atoms with Gasteiger partial charge in [0.1, 0.15) is 0 Å². The Kier molecular flexibility index (Phi) is 4.48. The van der Waals surface area contributed by atoms with Gasteiger partial charge in [-0.3, -0.25) is 0 Å². The highest BCUT2D eigenvalue weighted by Crippen LogP contribution is 2.18. The molecular weight excluding hydrogens is 235 g/mol. The minimum Gasteiger partial charge on any atom is -0.465 e. The van der Waals surface area contributed by atoms with Crippen molar-refractivity contribution in [2.45, 2.75) is 0 Å². The van der Waals surface area contributed by atoms with E-state index in [-0.39, 0.29) is 5.88 Å². The van der Waals surface area contributed by atoms with E-state index in [0.29, 0.717) is 16.1 Å². The molecule has 0 atom stereocenters. The van der Waals surface area contributed by atoms with Gasteiger partial charge >= 0.3 is 5.97 Å². The summed E-state index contributed by atoms with van der Waals surface area (Å²) < 4.78 is 4.58. The fourth-order valence-corrected chi connectivity index (χ4v) is 1.27. The summed E-state index contributed by atoms with van der Waals surface area (Å²) >= 11 is 11.2. The number of rotatable bonds is 1. The van der Waals surface area contributed by atoms with Crippen molar-refractivity contribution in [3.63, 3.8) is 0 Å². The van der Waals surface area contributed by atoms with E-state index in [0.717, 1.165) is 0 Å². The molecule has 0 heterocycles. The average Bonchev–Trinajstić information content (AvgIpc) is 2.27. The van der Waals surface area contributed by atoms with Gasteiger partial charge in [0.05, 0.1) is 23.6 Å². The number of carbonyl (C=O) groups is 1. The molecule has 78 valence electrons. The molecule has 0 bridgehead atoms. The quantitative estimate of drug-likeness (QED) is 0.430. The Morgan fingerprint density at radius 2 is 2.27 bits per heavy atom. The highest BCUT2D eigenvalue weighted by atomic mass is 35.5. The highest BCUT2D eigenvalue weighted by molar-refractivity contribution is 6.33. The van der Waals surface area contributed by atoms with E-state index in [4.69, 9.17) is 23.2 Å². The highest BCUT2D eigenvalue weighted by Gasteiger charge is 2.10. The van der Waals surface area contributed by atoms with Gasteiger partial charge in [-0.05, 0) is 18.2 Å². The van der Waals surface area contributed by atoms with E-state index in [1.54, 1.807) is 18.2 Å². The Hall–Kier alpha value is -1.17. The molecule has 15 heavy (non-hydrogen) atoms. The molecular formula is C11H8Cl2O2. The Morgan fingerprint density at radius 1 is 1.53 bits per heavy atom. The van der Waals surface area contributed by atoms with E-state index < -0.39 is 5.97 Å². The summed E-state index contributed by atoms with van der Waals surface area (Å²) in [6.45, 7) is 0. The number of hydrogen-bond donors (Lipinski definition) is 0. The first-order valence-electron chi connectivity index (χ1n) is 4.11. The Balaban J connectivity index is 3.10. The van der Waals surface area contributed by atoms with Crippen molar-refractivity contribution in [1.82, 2.24) is 0 Å². The topological polar surface area (TPSA) is 26.3 Å². The third-order valence-electron chi connectivity index (χ3n) is 1.67. The van der Waals surface area contributed by atoms with Crippen molar-refractivity contribution < 1.29 is 9.53 Å². The standard InChI is InChI=1S/C11H8Cl2O2/c1-15-11(14)9-7-8(3-2-6-12)4-5-10(9)13/h4-5,7H,6H2,1H3. The van der Waals surface area contributed by atoms with Gasteiger partial charge in [-0.15, -0.1) is 11.6 Å². The maximum atomic E-state index is 11.3. The van der Waals surface area contributed by atoms with Crippen LogP contribution in [-0.2, 0) is 4.74 Å². The minimum absolute atomic E-state index is 0.246. The molecule has 0 N–H and O–H groups in total. The van der Waals surface area contributed by atoms with Crippen LogP contribution < -0.4 is 0 Å². The predicted octanol–water partition coefficient (Wildman–Crippen LogP) is 2.72. The lowest BCUT2D eigenvalue weighted by atomic mass is 10.1. The number of alkyl halides is 1. The van der Waals surface area contributed by atoms with Crippen LogP contribution in [0.25, 0.3) is 0 Å². The van der Waals surface area contributed by atoms with Crippen molar-refractivity contribution in [3.05, 3.63) is 34.3 Å². The molecule has 2 nitrogen and oxygen atoms in total. The second kappa shape index (κ2) is 5.65. The monoisotopic (exact) mass is 242 g/mol. The Bertz CT molecular complexity index is 430. The first kappa shape index (κ1) is 11.9. The zero-order chi connectivity index (χ0) is 11.3. The molecule has 0 radical (unpaired) electrons. The number of ether oxygens (including phenoxy) is 1. The molecule has 0 aliphatic heterocycles. The molecule has 1 rings (SSSR count). The average molecular weight is 243 g/mol. The van der Waals surface area contributed by atoms with Gasteiger partial charge < -0.3 is 4.74 Å². The van der Waals surface area contributed by atoms with Crippen LogP contribution in [0.4, 0.5) is 0 Å². The second-order valence-corrected chi connectivity index (χ2v) is 3.30. The van der Waals surface area contributed by atoms with Gasteiger partial charge in [0.15, 0.2) is 0 Å². The summed E-state index contributed by atoms with van der Waals surface area (Å²) in [5.74, 6) is 5.25. The fourth-order valence-electron chi connectivity index (χ4n) is 1.00. The van der Waals surface area contributed by atoms with Crippen molar-refractivity contribution in [1.29, 1.82) is 0 Å². The molecule has 0 saturated carbocycles. The normalized spacial score (nSPS) is 9.00. The molecule has 0 spiro atoms. The number of halogens is 2. The third-order valence-corrected chi connectivity index (χ3v) is 2.13. The van der Waals surface area contributed by atoms with Crippen LogP contribution in [0.15, 0.2) is 18.2 Å². The number of methoxy groups -OCH3 is 1. The smallest absolute Gasteiger partial charge is 0.339 e. The molecule has 0 unspecified atom stereocenters. The lowest BCUT2D eigenvalue weighted by Gasteiger charge is -2.02. The molecule has 0 aliphatic carbocycles. The fraction of sp³-hybridized carbons (Fsp3) is 0.182. The molecule has 0 amide bonds. The first-order chi connectivity index (χ1) is 7.19. The number of benzene rings is 1. The third kappa shape index (κ3) is 3.16. The number of hydrogen-bond acceptors (Lipinski definition) is 2. The molecule has 4 heteroatoms. The first-order valence-corrected chi connectivity index (χ1v) is 5.03. The van der Waals surface area contributed by atoms with Crippen LogP contribution >= 0.6 is 23.2 Å². The molecule has 0 aliphatic rings. The van der Waals surface area contributed by atoms with Gasteiger partial charge in [0.25, 0.3) is 0 Å². The predicted molar refractivity (Wildman–Crippen MR) is 60.4 cm³/mol. The summed E-state index contributed by atoms with van der Waals surface area (Å²) in [7, 11) is 1.30. The van der Waals surface area contributed by atoms with Crippen molar-refractivity contribution in [2.75, 3.05) is 13.0 Å². The van der Waals surface area contributed by atoms with Gasteiger partial charge in [0.2, 0.25) is 0 Å². The minimum atomic E-state index is -0.477. The molecule has 1 aromatic rings. The molecule has 0 fully saturated rings. The van der Waals surface area contributed by atoms with Crippen LogP contribution in [0.1, 0.15) is 15.9 Å². The summed E-state index contributed by atoms with van der Waals surface area (Å²) in [6.07, 6.45) is 0. The zero-order valence-corrected chi connectivity index (χ0v) is 9.52. The van der Waals surface area contributed by atoms with Crippen molar-refractivity contribution in [2.24, 2.45) is 0 Å². The summed E-state index contributed by atoms with van der Waals surface area (Å²) in [4.78, 5) is 11.3. The summed E-state index contributed by atoms with van der Waals surface area (Å²) in [6, 6.07) is 4.90. The maximum absolute atomic E-state index is 11.3. The van der Waals surface area contributed by atoms with Crippen LogP contribution in [0, 0.1) is 11.8 Å². The largest absolute Gasteiger partial charge is 0.465 e. The summed E-state index contributed by atoms with van der Waals surface area (Å²) in [5.41, 5.74) is 0.987. The van der Waals surface area contributed by atoms with E-state index in [9.17, 15) is 4.79 Å². The van der Waals surface area contributed by atoms with Crippen LogP contribution in [0.5, 0.6) is 0 Å². The lowest BCUT2D eigenvalue weighted by molar-refractivity contribution is 0.0601. The molecule has 0 aromatic heterocycles. The van der Waals surface area contributed by atoms with Gasteiger partial charge in [-0.2, -0.15) is 0 Å². The maximum Gasteiger partial charge on any atom is 0.339 e. The Morgan fingerprint density at radius 3 is 2.87 bits per heavy atom. The van der Waals surface area contributed by atoms with Crippen molar-refractivity contribution >= 4 is 29.2 Å². The summed E-state index contributed by atoms with van der Waals surface area (Å²) in [5, 5.41) is 0.346. The van der Waals surface area contributed by atoms with E-state index in [1.165, 1.54) is 7.11 Å². The molecule has 1 aromatic carbocycles. The van der Waals surface area contributed by atoms with Gasteiger partial charge in [-0.1, -0.05) is 23.4 Å². The van der Waals surface area contributed by atoms with Gasteiger partial charge in [-0.25, -0.2) is 4.79 Å². The van der Waals surface area contributed by atoms with E-state index >= 15 is 0 Å². The zero-order valence-electron chi connectivity index (χ0n) is 8.01. The van der Waals surface area contributed by atoms with Crippen LogP contribution in [0.2, 0.25) is 5.02 Å². The molecule has 0 saturated heterocycles. The van der Waals surface area contributed by atoms with Gasteiger partial charge in [0, 0.05) is 5.56 Å². The van der Waals surface area contributed by atoms with E-state index in [2.05, 4.69) is 16.6 Å². The second-order valence-electron chi connectivity index (χ2n) is 2.62. The number of carbonyl (C=O) groups excluding carboxylic acids is 1. The lowest BCUT2D eigenvalue weighted by Crippen LogP contribution is -2.02. The Labute approximate surface area is 98.1 Å². The van der Waals surface area contributed by atoms with Crippen molar-refractivity contribution in [3.8, 4) is 11.8 Å².